The zero-order valence-corrected chi connectivity index (χ0v) is 9.99. The molecule has 2 aromatic rings. The molecule has 0 bridgehead atoms. The molecule has 0 atom stereocenters. The van der Waals surface area contributed by atoms with E-state index >= 15 is 0 Å². The van der Waals surface area contributed by atoms with Crippen LogP contribution < -0.4 is 4.74 Å². The van der Waals surface area contributed by atoms with Gasteiger partial charge in [0, 0.05) is 12.3 Å². The fourth-order valence-electron chi connectivity index (χ4n) is 1.17. The number of halogens is 1. The highest BCUT2D eigenvalue weighted by molar-refractivity contribution is 9.10. The van der Waals surface area contributed by atoms with Crippen molar-refractivity contribution in [3.8, 4) is 11.6 Å². The molecule has 1 aromatic heterocycles. The average Bonchev–Trinajstić information content (AvgIpc) is 2.32. The topological polar surface area (TPSA) is 78.2 Å². The molecule has 0 saturated carbocycles. The highest BCUT2D eigenvalue weighted by atomic mass is 79.9. The molecule has 0 amide bonds. The van der Waals surface area contributed by atoms with Crippen molar-refractivity contribution in [3.63, 3.8) is 0 Å². The van der Waals surface area contributed by atoms with E-state index in [-0.39, 0.29) is 17.3 Å². The average molecular weight is 296 g/mol. The third kappa shape index (κ3) is 2.56. The number of para-hydroxylation sites is 2. The van der Waals surface area contributed by atoms with E-state index < -0.39 is 4.92 Å². The molecule has 0 spiro atoms. The summed E-state index contributed by atoms with van der Waals surface area (Å²) in [5, 5.41) is 10.8. The van der Waals surface area contributed by atoms with Gasteiger partial charge in [0.15, 0.2) is 0 Å². The van der Waals surface area contributed by atoms with Crippen LogP contribution in [-0.2, 0) is 0 Å². The van der Waals surface area contributed by atoms with Crippen LogP contribution in [0.2, 0.25) is 0 Å². The van der Waals surface area contributed by atoms with Crippen LogP contribution in [0.4, 0.5) is 5.69 Å². The third-order valence-corrected chi connectivity index (χ3v) is 2.45. The van der Waals surface area contributed by atoms with Crippen LogP contribution in [0.25, 0.3) is 0 Å². The molecule has 2 rings (SSSR count). The summed E-state index contributed by atoms with van der Waals surface area (Å²) in [6, 6.07) is 6.09. The second-order valence-electron chi connectivity index (χ2n) is 3.00. The maximum Gasteiger partial charge on any atom is 0.311 e. The maximum atomic E-state index is 10.8. The van der Waals surface area contributed by atoms with Gasteiger partial charge in [-0.05, 0) is 22.0 Å². The highest BCUT2D eigenvalue weighted by Crippen LogP contribution is 2.32. The van der Waals surface area contributed by atoms with Gasteiger partial charge in [0.05, 0.1) is 9.40 Å². The van der Waals surface area contributed by atoms with Gasteiger partial charge in [-0.25, -0.2) is 9.97 Å². The van der Waals surface area contributed by atoms with E-state index in [1.165, 1.54) is 24.7 Å². The van der Waals surface area contributed by atoms with Crippen molar-refractivity contribution in [2.45, 2.75) is 0 Å². The van der Waals surface area contributed by atoms with E-state index in [1.54, 1.807) is 12.1 Å². The van der Waals surface area contributed by atoms with Crippen LogP contribution in [0.15, 0.2) is 41.3 Å². The van der Waals surface area contributed by atoms with Gasteiger partial charge in [-0.15, -0.1) is 0 Å². The predicted molar refractivity (Wildman–Crippen MR) is 62.9 cm³/mol. The number of aromatic nitrogens is 2. The zero-order valence-electron chi connectivity index (χ0n) is 8.41. The summed E-state index contributed by atoms with van der Waals surface area (Å²) in [5.41, 5.74) is -0.113. The molecular weight excluding hydrogens is 290 g/mol. The summed E-state index contributed by atoms with van der Waals surface area (Å²) in [7, 11) is 0. The van der Waals surface area contributed by atoms with Crippen LogP contribution in [0, 0.1) is 10.1 Å². The van der Waals surface area contributed by atoms with Gasteiger partial charge in [-0.2, -0.15) is 0 Å². The number of benzene rings is 1. The molecule has 6 nitrogen and oxygen atoms in total. The minimum atomic E-state index is -0.509. The van der Waals surface area contributed by atoms with Crippen LogP contribution in [0.5, 0.6) is 11.6 Å². The Morgan fingerprint density at radius 3 is 2.82 bits per heavy atom. The minimum absolute atomic E-state index is 0.113. The molecule has 0 aliphatic carbocycles. The molecule has 1 heterocycles. The number of nitro groups is 1. The lowest BCUT2D eigenvalue weighted by Gasteiger charge is -2.05. The zero-order chi connectivity index (χ0) is 12.3. The van der Waals surface area contributed by atoms with E-state index in [4.69, 9.17) is 4.74 Å². The lowest BCUT2D eigenvalue weighted by molar-refractivity contribution is -0.385. The van der Waals surface area contributed by atoms with Gasteiger partial charge >= 0.3 is 5.69 Å². The molecule has 0 radical (unpaired) electrons. The van der Waals surface area contributed by atoms with E-state index in [0.717, 1.165) is 0 Å². The summed E-state index contributed by atoms with van der Waals surface area (Å²) < 4.78 is 5.89. The Morgan fingerprint density at radius 1 is 1.35 bits per heavy atom. The van der Waals surface area contributed by atoms with Gasteiger partial charge in [0.2, 0.25) is 11.6 Å². The molecule has 1 aromatic carbocycles. The number of hydrogen-bond acceptors (Lipinski definition) is 5. The fraction of sp³-hybridized carbons (Fsp3) is 0. The fourth-order valence-corrected chi connectivity index (χ4v) is 1.48. The Morgan fingerprint density at radius 2 is 2.12 bits per heavy atom. The van der Waals surface area contributed by atoms with Crippen molar-refractivity contribution in [2.75, 3.05) is 0 Å². The van der Waals surface area contributed by atoms with E-state index in [0.29, 0.717) is 4.47 Å². The van der Waals surface area contributed by atoms with E-state index in [2.05, 4.69) is 25.9 Å². The SMILES string of the molecule is O=[N+]([O-])c1ccccc1Oc1ncncc1Br. The molecule has 0 saturated heterocycles. The number of nitro benzene ring substituents is 1. The van der Waals surface area contributed by atoms with Crippen molar-refractivity contribution in [2.24, 2.45) is 0 Å². The van der Waals surface area contributed by atoms with Crippen molar-refractivity contribution < 1.29 is 9.66 Å². The second kappa shape index (κ2) is 4.88. The molecule has 86 valence electrons. The van der Waals surface area contributed by atoms with Crippen molar-refractivity contribution in [1.29, 1.82) is 0 Å². The van der Waals surface area contributed by atoms with Crippen molar-refractivity contribution >= 4 is 21.6 Å². The van der Waals surface area contributed by atoms with E-state index in [9.17, 15) is 10.1 Å². The van der Waals surface area contributed by atoms with Crippen LogP contribution >= 0.6 is 15.9 Å². The first kappa shape index (κ1) is 11.5. The predicted octanol–water partition coefficient (Wildman–Crippen LogP) is 2.94. The van der Waals surface area contributed by atoms with Crippen LogP contribution in [-0.4, -0.2) is 14.9 Å². The second-order valence-corrected chi connectivity index (χ2v) is 3.86. The third-order valence-electron chi connectivity index (χ3n) is 1.90. The molecular formula is C10H6BrN3O3. The minimum Gasteiger partial charge on any atom is -0.431 e. The molecule has 0 aliphatic rings. The molecule has 0 unspecified atom stereocenters. The largest absolute Gasteiger partial charge is 0.431 e. The van der Waals surface area contributed by atoms with Crippen molar-refractivity contribution in [1.82, 2.24) is 9.97 Å². The maximum absolute atomic E-state index is 10.8. The normalized spacial score (nSPS) is 9.94. The van der Waals surface area contributed by atoms with Crippen LogP contribution in [0.3, 0.4) is 0 Å². The molecule has 0 fully saturated rings. The molecule has 0 N–H and O–H groups in total. The summed E-state index contributed by atoms with van der Waals surface area (Å²) in [6.07, 6.45) is 2.80. The lowest BCUT2D eigenvalue weighted by Crippen LogP contribution is -1.95. The van der Waals surface area contributed by atoms with Gasteiger partial charge in [-0.3, -0.25) is 10.1 Å². The molecule has 0 aliphatic heterocycles. The number of hydrogen-bond donors (Lipinski definition) is 0. The number of rotatable bonds is 3. The van der Waals surface area contributed by atoms with E-state index in [1.807, 2.05) is 0 Å². The summed E-state index contributed by atoms with van der Waals surface area (Å²) >= 11 is 3.20. The Hall–Kier alpha value is -2.02. The summed E-state index contributed by atoms with van der Waals surface area (Å²) in [5.74, 6) is 0.367. The lowest BCUT2D eigenvalue weighted by atomic mass is 10.3. The van der Waals surface area contributed by atoms with Gasteiger partial charge in [0.25, 0.3) is 0 Å². The Balaban J connectivity index is 2.37. The Bertz CT molecular complexity index is 562. The first-order valence-electron chi connectivity index (χ1n) is 4.55. The molecule has 7 heteroatoms. The quantitative estimate of drug-likeness (QED) is 0.642. The van der Waals surface area contributed by atoms with Crippen molar-refractivity contribution in [3.05, 3.63) is 51.4 Å². The monoisotopic (exact) mass is 295 g/mol. The summed E-state index contributed by atoms with van der Waals surface area (Å²) in [6.45, 7) is 0. The highest BCUT2D eigenvalue weighted by Gasteiger charge is 2.15. The van der Waals surface area contributed by atoms with Crippen LogP contribution in [0.1, 0.15) is 0 Å². The number of ether oxygens (including phenoxy) is 1. The summed E-state index contributed by atoms with van der Waals surface area (Å²) in [4.78, 5) is 17.9. The number of nitrogens with zero attached hydrogens (tertiary/aromatic N) is 3. The first-order valence-corrected chi connectivity index (χ1v) is 5.34. The Labute approximate surface area is 105 Å². The first-order chi connectivity index (χ1) is 8.18. The standard InChI is InChI=1S/C10H6BrN3O3/c11-7-5-12-6-13-10(7)17-9-4-2-1-3-8(9)14(15)16/h1-6H. The van der Waals surface area contributed by atoms with Gasteiger partial charge < -0.3 is 4.74 Å². The van der Waals surface area contributed by atoms with Gasteiger partial charge in [0.1, 0.15) is 6.33 Å². The molecule has 17 heavy (non-hydrogen) atoms. The van der Waals surface area contributed by atoms with Gasteiger partial charge in [-0.1, -0.05) is 12.1 Å². The Kier molecular flexibility index (Phi) is 3.29. The smallest absolute Gasteiger partial charge is 0.311 e.